The van der Waals surface area contributed by atoms with Crippen molar-refractivity contribution in [2.24, 2.45) is 17.3 Å². The molecule has 0 aromatic heterocycles. The molecule has 0 radical (unpaired) electrons. The predicted molar refractivity (Wildman–Crippen MR) is 126 cm³/mol. The molecule has 2 unspecified atom stereocenters. The van der Waals surface area contributed by atoms with E-state index in [0.717, 1.165) is 22.3 Å². The molecule has 1 aliphatic heterocycles. The van der Waals surface area contributed by atoms with Crippen LogP contribution in [0.25, 0.3) is 11.1 Å². The Kier molecular flexibility index (Phi) is 5.58. The van der Waals surface area contributed by atoms with E-state index in [4.69, 9.17) is 4.74 Å². The molecule has 4 atom stereocenters. The van der Waals surface area contributed by atoms with Gasteiger partial charge in [0, 0.05) is 19.0 Å². The summed E-state index contributed by atoms with van der Waals surface area (Å²) in [6, 6.07) is 15.5. The number of nitrogens with zero attached hydrogens (tertiary/aromatic N) is 1. The lowest BCUT2D eigenvalue weighted by Gasteiger charge is -2.29. The number of benzene rings is 2. The molecule has 7 heteroatoms. The van der Waals surface area contributed by atoms with Gasteiger partial charge in [-0.2, -0.15) is 0 Å². The first kappa shape index (κ1) is 22.4. The first-order valence-electron chi connectivity index (χ1n) is 12.0. The van der Waals surface area contributed by atoms with Gasteiger partial charge in [-0.05, 0) is 40.5 Å². The second-order valence-electron chi connectivity index (χ2n) is 9.91. The Morgan fingerprint density at radius 1 is 1.12 bits per heavy atom. The van der Waals surface area contributed by atoms with E-state index in [-0.39, 0.29) is 36.8 Å². The minimum Gasteiger partial charge on any atom is -0.481 e. The Balaban J connectivity index is 1.26. The van der Waals surface area contributed by atoms with Crippen molar-refractivity contribution in [2.75, 3.05) is 19.7 Å². The molecular weight excluding hydrogens is 432 g/mol. The first-order valence-corrected chi connectivity index (χ1v) is 12.0. The van der Waals surface area contributed by atoms with E-state index in [9.17, 15) is 19.5 Å². The summed E-state index contributed by atoms with van der Waals surface area (Å²) in [4.78, 5) is 39.3. The highest BCUT2D eigenvalue weighted by atomic mass is 16.5. The summed E-state index contributed by atoms with van der Waals surface area (Å²) >= 11 is 0. The summed E-state index contributed by atoms with van der Waals surface area (Å²) in [6.07, 6.45) is 0.694. The number of fused-ring (bicyclic) bond motifs is 4. The zero-order chi connectivity index (χ0) is 24.0. The molecule has 0 spiro atoms. The summed E-state index contributed by atoms with van der Waals surface area (Å²) in [5, 5.41) is 12.3. The number of carboxylic acid groups (broad SMARTS) is 1. The number of rotatable bonds is 7. The van der Waals surface area contributed by atoms with Crippen LogP contribution in [0, 0.1) is 17.3 Å². The van der Waals surface area contributed by atoms with Gasteiger partial charge in [-0.1, -0.05) is 68.8 Å². The minimum atomic E-state index is -0.836. The maximum atomic E-state index is 13.3. The second kappa shape index (κ2) is 8.46. The molecule has 2 N–H and O–H groups in total. The van der Waals surface area contributed by atoms with E-state index in [1.807, 2.05) is 38.1 Å². The zero-order valence-electron chi connectivity index (χ0n) is 19.5. The first-order chi connectivity index (χ1) is 16.4. The smallest absolute Gasteiger partial charge is 0.407 e. The molecule has 7 nitrogen and oxygen atoms in total. The highest BCUT2D eigenvalue weighted by Gasteiger charge is 2.66. The maximum absolute atomic E-state index is 13.3. The molecular formula is C27H30N2O5. The molecule has 1 saturated carbocycles. The Morgan fingerprint density at radius 3 is 2.29 bits per heavy atom. The van der Waals surface area contributed by atoms with Crippen LogP contribution >= 0.6 is 0 Å². The number of carboxylic acids is 1. The largest absolute Gasteiger partial charge is 0.481 e. The van der Waals surface area contributed by atoms with Gasteiger partial charge in [0.25, 0.3) is 0 Å². The van der Waals surface area contributed by atoms with Crippen LogP contribution in [0.4, 0.5) is 4.79 Å². The summed E-state index contributed by atoms with van der Waals surface area (Å²) in [5.41, 5.74) is 3.77. The van der Waals surface area contributed by atoms with Crippen LogP contribution in [0.15, 0.2) is 48.5 Å². The molecule has 1 heterocycles. The Bertz CT molecular complexity index is 1100. The van der Waals surface area contributed by atoms with Gasteiger partial charge < -0.3 is 20.1 Å². The lowest BCUT2D eigenvalue weighted by molar-refractivity contribution is -0.144. The van der Waals surface area contributed by atoms with E-state index in [1.165, 1.54) is 0 Å². The Morgan fingerprint density at radius 2 is 1.74 bits per heavy atom. The number of alkyl carbamates (subject to hydrolysis) is 1. The Labute approximate surface area is 199 Å². The number of hydrogen-bond acceptors (Lipinski definition) is 4. The van der Waals surface area contributed by atoms with Crippen LogP contribution in [0.1, 0.15) is 43.7 Å². The van der Waals surface area contributed by atoms with Gasteiger partial charge in [0.15, 0.2) is 0 Å². The average molecular weight is 463 g/mol. The number of hydrogen-bond donors (Lipinski definition) is 2. The third-order valence-corrected chi connectivity index (χ3v) is 7.98. The van der Waals surface area contributed by atoms with Crippen LogP contribution in [0.2, 0.25) is 0 Å². The number of likely N-dealkylation sites (tertiary alicyclic amines) is 1. The number of ether oxygens (including phenoxy) is 1. The summed E-state index contributed by atoms with van der Waals surface area (Å²) in [6.45, 7) is 4.70. The van der Waals surface area contributed by atoms with Crippen LogP contribution in [0.5, 0.6) is 0 Å². The van der Waals surface area contributed by atoms with Crippen molar-refractivity contribution >= 4 is 18.0 Å². The molecule has 5 rings (SSSR count). The van der Waals surface area contributed by atoms with Crippen LogP contribution < -0.4 is 5.32 Å². The Hall–Kier alpha value is -3.35. The number of amides is 2. The predicted octanol–water partition coefficient (Wildman–Crippen LogP) is 3.87. The van der Waals surface area contributed by atoms with Crippen molar-refractivity contribution in [3.05, 3.63) is 59.7 Å². The molecule has 2 aromatic rings. The van der Waals surface area contributed by atoms with Gasteiger partial charge in [-0.3, -0.25) is 9.59 Å². The standard InChI is InChI=1S/C27H30N2O5/c1-3-16(2)23(24(30)29-13-17-12-27(17,15-29)25(31)32)28-26(33)34-14-22-20-10-6-4-8-18(20)19-9-5-7-11-21(19)22/h4-11,16-17,22-23H,3,12-15H2,1-2H3,(H,28,33)(H,31,32)/t16-,17?,23-,27?/m0/s1. The van der Waals surface area contributed by atoms with Crippen molar-refractivity contribution in [1.82, 2.24) is 10.2 Å². The number of piperidine rings is 1. The third kappa shape index (κ3) is 3.63. The topological polar surface area (TPSA) is 95.9 Å². The zero-order valence-corrected chi connectivity index (χ0v) is 19.5. The second-order valence-corrected chi connectivity index (χ2v) is 9.91. The third-order valence-electron chi connectivity index (χ3n) is 7.98. The summed E-state index contributed by atoms with van der Waals surface area (Å²) in [5.74, 6) is -1.21. The fourth-order valence-corrected chi connectivity index (χ4v) is 5.63. The molecule has 2 aromatic carbocycles. The molecule has 34 heavy (non-hydrogen) atoms. The fourth-order valence-electron chi connectivity index (χ4n) is 5.63. The number of carbonyl (C=O) groups excluding carboxylic acids is 2. The van der Waals surface area contributed by atoms with Crippen molar-refractivity contribution in [2.45, 2.75) is 38.6 Å². The highest BCUT2D eigenvalue weighted by molar-refractivity contribution is 5.89. The fraction of sp³-hybridized carbons (Fsp3) is 0.444. The van der Waals surface area contributed by atoms with Gasteiger partial charge in [-0.15, -0.1) is 0 Å². The van der Waals surface area contributed by atoms with Crippen molar-refractivity contribution < 1.29 is 24.2 Å². The van der Waals surface area contributed by atoms with E-state index < -0.39 is 23.5 Å². The quantitative estimate of drug-likeness (QED) is 0.651. The van der Waals surface area contributed by atoms with Crippen molar-refractivity contribution in [3.63, 3.8) is 0 Å². The van der Waals surface area contributed by atoms with Crippen molar-refractivity contribution in [1.29, 1.82) is 0 Å². The van der Waals surface area contributed by atoms with Gasteiger partial charge in [-0.25, -0.2) is 4.79 Å². The minimum absolute atomic E-state index is 0.0148. The number of carbonyl (C=O) groups is 3. The molecule has 3 aliphatic rings. The normalized spacial score (nSPS) is 23.9. The number of aliphatic carboxylic acids is 1. The van der Waals surface area contributed by atoms with Crippen LogP contribution in [-0.4, -0.2) is 53.7 Å². The highest BCUT2D eigenvalue weighted by Crippen LogP contribution is 2.58. The molecule has 2 fully saturated rings. The summed E-state index contributed by atoms with van der Waals surface area (Å²) in [7, 11) is 0. The molecule has 2 amide bonds. The van der Waals surface area contributed by atoms with Gasteiger partial charge in [0.2, 0.25) is 5.91 Å². The van der Waals surface area contributed by atoms with E-state index in [2.05, 4.69) is 29.6 Å². The molecule has 0 bridgehead atoms. The monoisotopic (exact) mass is 462 g/mol. The van der Waals surface area contributed by atoms with E-state index in [1.54, 1.807) is 4.90 Å². The molecule has 2 aliphatic carbocycles. The lowest BCUT2D eigenvalue weighted by atomic mass is 9.97. The van der Waals surface area contributed by atoms with Gasteiger partial charge in [0.1, 0.15) is 12.6 Å². The van der Waals surface area contributed by atoms with Crippen LogP contribution in [0.3, 0.4) is 0 Å². The van der Waals surface area contributed by atoms with Crippen molar-refractivity contribution in [3.8, 4) is 11.1 Å². The summed E-state index contributed by atoms with van der Waals surface area (Å²) < 4.78 is 5.65. The SMILES string of the molecule is CC[C@H](C)[C@H](NC(=O)OCC1c2ccccc2-c2ccccc21)C(=O)N1CC2CC2(C(=O)O)C1. The average Bonchev–Trinajstić information content (AvgIpc) is 3.27. The van der Waals surface area contributed by atoms with Crippen LogP contribution in [-0.2, 0) is 14.3 Å². The van der Waals surface area contributed by atoms with E-state index in [0.29, 0.717) is 19.4 Å². The number of nitrogens with one attached hydrogen (secondary N) is 1. The van der Waals surface area contributed by atoms with Gasteiger partial charge >= 0.3 is 12.1 Å². The maximum Gasteiger partial charge on any atom is 0.407 e. The molecule has 178 valence electrons. The molecule has 1 saturated heterocycles. The van der Waals surface area contributed by atoms with E-state index >= 15 is 0 Å². The lowest BCUT2D eigenvalue weighted by Crippen LogP contribution is -2.52. The van der Waals surface area contributed by atoms with Gasteiger partial charge in [0.05, 0.1) is 5.41 Å².